The van der Waals surface area contributed by atoms with Gasteiger partial charge >= 0.3 is 0 Å². The summed E-state index contributed by atoms with van der Waals surface area (Å²) in [5.74, 6) is 1.12. The molecule has 0 spiro atoms. The van der Waals surface area contributed by atoms with Crippen molar-refractivity contribution in [2.24, 2.45) is 17.6 Å². The molecule has 1 fully saturated rings. The predicted octanol–water partition coefficient (Wildman–Crippen LogP) is 3.42. The molecule has 0 saturated heterocycles. The highest BCUT2D eigenvalue weighted by atomic mass is 19.1. The van der Waals surface area contributed by atoms with E-state index in [4.69, 9.17) is 5.73 Å². The summed E-state index contributed by atoms with van der Waals surface area (Å²) in [5, 5.41) is 0. The van der Waals surface area contributed by atoms with Crippen molar-refractivity contribution in [3.05, 3.63) is 30.1 Å². The van der Waals surface area contributed by atoms with Crippen molar-refractivity contribution >= 4 is 5.69 Å². The third-order valence-corrected chi connectivity index (χ3v) is 4.57. The molecular weight excluding hydrogens is 239 g/mol. The van der Waals surface area contributed by atoms with Gasteiger partial charge in [-0.15, -0.1) is 0 Å². The second-order valence-electron chi connectivity index (χ2n) is 6.29. The Morgan fingerprint density at radius 3 is 2.37 bits per heavy atom. The highest BCUT2D eigenvalue weighted by molar-refractivity contribution is 5.50. The van der Waals surface area contributed by atoms with Crippen LogP contribution in [0.4, 0.5) is 10.1 Å². The van der Waals surface area contributed by atoms with Gasteiger partial charge in [0, 0.05) is 13.6 Å². The zero-order valence-corrected chi connectivity index (χ0v) is 12.2. The Bertz CT molecular complexity index is 423. The molecule has 3 heteroatoms. The van der Waals surface area contributed by atoms with Gasteiger partial charge in [0.05, 0.1) is 11.2 Å². The summed E-state index contributed by atoms with van der Waals surface area (Å²) in [7, 11) is 1.98. The predicted molar refractivity (Wildman–Crippen MR) is 78.8 cm³/mol. The number of nitrogens with two attached hydrogens (primary N) is 1. The summed E-state index contributed by atoms with van der Waals surface area (Å²) in [6.45, 7) is 5.12. The monoisotopic (exact) mass is 264 g/mol. The van der Waals surface area contributed by atoms with Crippen molar-refractivity contribution in [1.82, 2.24) is 0 Å². The van der Waals surface area contributed by atoms with Gasteiger partial charge in [0.15, 0.2) is 0 Å². The summed E-state index contributed by atoms with van der Waals surface area (Å²) in [4.78, 5) is 2.08. The van der Waals surface area contributed by atoms with E-state index in [-0.39, 0.29) is 11.4 Å². The van der Waals surface area contributed by atoms with Crippen LogP contribution in [0.5, 0.6) is 0 Å². The number of hydrogen-bond acceptors (Lipinski definition) is 2. The standard InChI is InChI=1S/C16H25FN2/c1-12-8-13(2)10-16(9-12,11-18)19(3)15-7-5-4-6-14(15)17/h4-7,12-13H,8-11,18H2,1-3H3. The first-order chi connectivity index (χ1) is 8.98. The number of hydrogen-bond donors (Lipinski definition) is 1. The van der Waals surface area contributed by atoms with Crippen LogP contribution in [0.1, 0.15) is 33.1 Å². The molecule has 0 aliphatic heterocycles. The highest BCUT2D eigenvalue weighted by Crippen LogP contribution is 2.41. The fourth-order valence-electron chi connectivity index (χ4n) is 3.79. The van der Waals surface area contributed by atoms with E-state index in [9.17, 15) is 4.39 Å². The van der Waals surface area contributed by atoms with Gasteiger partial charge in [-0.3, -0.25) is 0 Å². The molecule has 19 heavy (non-hydrogen) atoms. The molecule has 1 saturated carbocycles. The zero-order chi connectivity index (χ0) is 14.0. The molecule has 1 aromatic rings. The first kappa shape index (κ1) is 14.3. The van der Waals surface area contributed by atoms with Gasteiger partial charge in [0.25, 0.3) is 0 Å². The minimum atomic E-state index is -0.163. The lowest BCUT2D eigenvalue weighted by atomic mass is 9.70. The van der Waals surface area contributed by atoms with Crippen molar-refractivity contribution in [1.29, 1.82) is 0 Å². The van der Waals surface area contributed by atoms with Crippen LogP contribution in [0.3, 0.4) is 0 Å². The highest BCUT2D eigenvalue weighted by Gasteiger charge is 2.40. The van der Waals surface area contributed by atoms with Crippen LogP contribution in [0.25, 0.3) is 0 Å². The van der Waals surface area contributed by atoms with Gasteiger partial charge in [-0.2, -0.15) is 0 Å². The molecule has 2 unspecified atom stereocenters. The fourth-order valence-corrected chi connectivity index (χ4v) is 3.79. The number of anilines is 1. The van der Waals surface area contributed by atoms with Crippen LogP contribution in [0, 0.1) is 17.7 Å². The normalized spacial score (nSPS) is 31.2. The second-order valence-corrected chi connectivity index (χ2v) is 6.29. The number of halogens is 1. The summed E-state index contributed by atoms with van der Waals surface area (Å²) in [6, 6.07) is 6.98. The fraction of sp³-hybridized carbons (Fsp3) is 0.625. The van der Waals surface area contributed by atoms with Crippen molar-refractivity contribution in [3.63, 3.8) is 0 Å². The second kappa shape index (κ2) is 5.49. The van der Waals surface area contributed by atoms with Crippen molar-refractivity contribution in [2.45, 2.75) is 38.6 Å². The van der Waals surface area contributed by atoms with E-state index in [1.54, 1.807) is 6.07 Å². The Morgan fingerprint density at radius 2 is 1.84 bits per heavy atom. The van der Waals surface area contributed by atoms with E-state index < -0.39 is 0 Å². The lowest BCUT2D eigenvalue weighted by Gasteiger charge is -2.49. The van der Waals surface area contributed by atoms with Crippen LogP contribution >= 0.6 is 0 Å². The minimum Gasteiger partial charge on any atom is -0.365 e. The Labute approximate surface area is 115 Å². The van der Waals surface area contributed by atoms with Gasteiger partial charge in [0.2, 0.25) is 0 Å². The van der Waals surface area contributed by atoms with Crippen LogP contribution < -0.4 is 10.6 Å². The van der Waals surface area contributed by atoms with E-state index >= 15 is 0 Å². The molecule has 2 atom stereocenters. The van der Waals surface area contributed by atoms with E-state index in [1.165, 1.54) is 12.5 Å². The molecule has 0 radical (unpaired) electrons. The smallest absolute Gasteiger partial charge is 0.146 e. The van der Waals surface area contributed by atoms with Crippen LogP contribution in [-0.4, -0.2) is 19.1 Å². The van der Waals surface area contributed by atoms with Crippen molar-refractivity contribution in [2.75, 3.05) is 18.5 Å². The maximum absolute atomic E-state index is 14.0. The third kappa shape index (κ3) is 2.76. The lowest BCUT2D eigenvalue weighted by molar-refractivity contribution is 0.182. The number of likely N-dealkylation sites (N-methyl/N-ethyl adjacent to an activating group) is 1. The average molecular weight is 264 g/mol. The average Bonchev–Trinajstić information content (AvgIpc) is 2.37. The molecule has 1 aliphatic rings. The Kier molecular flexibility index (Phi) is 4.14. The Balaban J connectivity index is 2.33. The third-order valence-electron chi connectivity index (χ3n) is 4.57. The molecule has 2 N–H and O–H groups in total. The molecule has 0 heterocycles. The largest absolute Gasteiger partial charge is 0.365 e. The molecule has 0 bridgehead atoms. The Morgan fingerprint density at radius 1 is 1.26 bits per heavy atom. The van der Waals surface area contributed by atoms with E-state index in [0.29, 0.717) is 24.1 Å². The maximum Gasteiger partial charge on any atom is 0.146 e. The number of nitrogens with zero attached hydrogens (tertiary/aromatic N) is 1. The molecule has 2 rings (SSSR count). The van der Waals surface area contributed by atoms with Gasteiger partial charge in [-0.05, 0) is 43.2 Å². The van der Waals surface area contributed by atoms with E-state index in [1.807, 2.05) is 19.2 Å². The molecule has 1 aromatic carbocycles. The van der Waals surface area contributed by atoms with Gasteiger partial charge in [0.1, 0.15) is 5.82 Å². The van der Waals surface area contributed by atoms with Gasteiger partial charge in [-0.25, -0.2) is 4.39 Å². The van der Waals surface area contributed by atoms with Crippen LogP contribution in [0.15, 0.2) is 24.3 Å². The first-order valence-electron chi connectivity index (χ1n) is 7.17. The van der Waals surface area contributed by atoms with Crippen LogP contribution in [-0.2, 0) is 0 Å². The number of rotatable bonds is 3. The summed E-state index contributed by atoms with van der Waals surface area (Å²) < 4.78 is 14.0. The number of para-hydroxylation sites is 1. The van der Waals surface area contributed by atoms with Crippen molar-refractivity contribution < 1.29 is 4.39 Å². The summed E-state index contributed by atoms with van der Waals surface area (Å²) in [6.07, 6.45) is 3.32. The Hall–Kier alpha value is -1.09. The molecule has 0 aromatic heterocycles. The van der Waals surface area contributed by atoms with Crippen LogP contribution in [0.2, 0.25) is 0 Å². The first-order valence-corrected chi connectivity index (χ1v) is 7.17. The number of benzene rings is 1. The minimum absolute atomic E-state index is 0.112. The lowest BCUT2D eigenvalue weighted by Crippen LogP contribution is -2.56. The summed E-state index contributed by atoms with van der Waals surface area (Å²) >= 11 is 0. The van der Waals surface area contributed by atoms with E-state index in [0.717, 1.165) is 12.8 Å². The summed E-state index contributed by atoms with van der Waals surface area (Å²) in [5.41, 5.74) is 6.64. The van der Waals surface area contributed by atoms with Crippen molar-refractivity contribution in [3.8, 4) is 0 Å². The zero-order valence-electron chi connectivity index (χ0n) is 12.2. The van der Waals surface area contributed by atoms with Gasteiger partial charge in [-0.1, -0.05) is 26.0 Å². The SMILES string of the molecule is CC1CC(C)CC(CN)(N(C)c2ccccc2F)C1. The van der Waals surface area contributed by atoms with Gasteiger partial charge < -0.3 is 10.6 Å². The van der Waals surface area contributed by atoms with E-state index in [2.05, 4.69) is 18.7 Å². The molecule has 106 valence electrons. The molecule has 0 amide bonds. The maximum atomic E-state index is 14.0. The molecule has 1 aliphatic carbocycles. The quantitative estimate of drug-likeness (QED) is 0.906. The topological polar surface area (TPSA) is 29.3 Å². The molecule has 2 nitrogen and oxygen atoms in total. The molecular formula is C16H25FN2.